The van der Waals surface area contributed by atoms with Crippen molar-refractivity contribution in [3.63, 3.8) is 0 Å². The number of hydrogen-bond donors (Lipinski definition) is 2. The maximum Gasteiger partial charge on any atom is 0.263 e. The van der Waals surface area contributed by atoms with Crippen LogP contribution in [-0.4, -0.2) is 17.9 Å². The van der Waals surface area contributed by atoms with Gasteiger partial charge in [0.05, 0.1) is 5.69 Å². The molecule has 2 aromatic rings. The molecule has 1 amide bonds. The quantitative estimate of drug-likeness (QED) is 0.767. The molecule has 0 fully saturated rings. The van der Waals surface area contributed by atoms with Gasteiger partial charge in [-0.3, -0.25) is 4.79 Å². The molecule has 15 heavy (non-hydrogen) atoms. The van der Waals surface area contributed by atoms with Crippen LogP contribution in [0.2, 0.25) is 0 Å². The van der Waals surface area contributed by atoms with Crippen molar-refractivity contribution >= 4 is 33.1 Å². The Balaban J connectivity index is 2.75. The van der Waals surface area contributed by atoms with Crippen LogP contribution in [0.4, 0.5) is 5.69 Å². The van der Waals surface area contributed by atoms with Gasteiger partial charge < -0.3 is 11.1 Å². The van der Waals surface area contributed by atoms with Crippen molar-refractivity contribution in [3.05, 3.63) is 22.7 Å². The number of aryl methyl sites for hydroxylation is 1. The fourth-order valence-electron chi connectivity index (χ4n) is 1.49. The molecule has 0 unspecified atom stereocenters. The van der Waals surface area contributed by atoms with Gasteiger partial charge in [0.15, 0.2) is 0 Å². The van der Waals surface area contributed by atoms with E-state index < -0.39 is 0 Å². The average Bonchev–Trinajstić information content (AvgIpc) is 2.56. The summed E-state index contributed by atoms with van der Waals surface area (Å²) in [5.41, 5.74) is 7.50. The molecule has 4 nitrogen and oxygen atoms in total. The Morgan fingerprint density at radius 1 is 1.60 bits per heavy atom. The monoisotopic (exact) mass is 221 g/mol. The van der Waals surface area contributed by atoms with Gasteiger partial charge in [0, 0.05) is 18.6 Å². The molecule has 0 saturated carbocycles. The first-order valence-electron chi connectivity index (χ1n) is 4.50. The molecule has 0 aliphatic rings. The highest BCUT2D eigenvalue weighted by Crippen LogP contribution is 2.33. The van der Waals surface area contributed by atoms with Crippen molar-refractivity contribution < 1.29 is 4.79 Å². The molecule has 2 rings (SSSR count). The molecule has 5 heteroatoms. The minimum atomic E-state index is -0.157. The number of rotatable bonds is 1. The third-order valence-electron chi connectivity index (χ3n) is 2.27. The molecule has 2 heterocycles. The summed E-state index contributed by atoms with van der Waals surface area (Å²) in [5.74, 6) is -0.157. The van der Waals surface area contributed by atoms with Gasteiger partial charge in [-0.25, -0.2) is 4.98 Å². The van der Waals surface area contributed by atoms with Gasteiger partial charge in [-0.2, -0.15) is 0 Å². The summed E-state index contributed by atoms with van der Waals surface area (Å²) in [6.45, 7) is 1.96. The smallest absolute Gasteiger partial charge is 0.263 e. The number of aromatic nitrogens is 1. The van der Waals surface area contributed by atoms with Crippen molar-refractivity contribution in [2.24, 2.45) is 0 Å². The number of nitrogen functional groups attached to an aromatic ring is 1. The number of hydrogen-bond acceptors (Lipinski definition) is 4. The zero-order chi connectivity index (χ0) is 11.0. The largest absolute Gasteiger partial charge is 0.397 e. The van der Waals surface area contributed by atoms with Gasteiger partial charge in [0.25, 0.3) is 5.91 Å². The topological polar surface area (TPSA) is 68.0 Å². The minimum absolute atomic E-state index is 0.157. The first-order valence-corrected chi connectivity index (χ1v) is 5.32. The number of amides is 1. The van der Waals surface area contributed by atoms with Crippen LogP contribution in [-0.2, 0) is 0 Å². The number of nitrogens with two attached hydrogens (primary N) is 1. The van der Waals surface area contributed by atoms with Crippen LogP contribution in [0, 0.1) is 6.92 Å². The average molecular weight is 221 g/mol. The fraction of sp³-hybridized carbons (Fsp3) is 0.200. The number of fused-ring (bicyclic) bond motifs is 1. The van der Waals surface area contributed by atoms with Gasteiger partial charge in [-0.1, -0.05) is 0 Å². The molecule has 0 radical (unpaired) electrons. The van der Waals surface area contributed by atoms with Gasteiger partial charge in [-0.05, 0) is 18.6 Å². The predicted molar refractivity (Wildman–Crippen MR) is 62.2 cm³/mol. The van der Waals surface area contributed by atoms with Crippen molar-refractivity contribution in [1.29, 1.82) is 0 Å². The van der Waals surface area contributed by atoms with Gasteiger partial charge in [0.1, 0.15) is 9.71 Å². The van der Waals surface area contributed by atoms with E-state index in [1.165, 1.54) is 11.3 Å². The van der Waals surface area contributed by atoms with E-state index in [0.29, 0.717) is 10.6 Å². The van der Waals surface area contributed by atoms with Gasteiger partial charge >= 0.3 is 0 Å². The summed E-state index contributed by atoms with van der Waals surface area (Å²) >= 11 is 1.32. The molecule has 0 aromatic carbocycles. The van der Waals surface area contributed by atoms with E-state index in [9.17, 15) is 4.79 Å². The molecular formula is C10H11N3OS. The lowest BCUT2D eigenvalue weighted by Crippen LogP contribution is -2.17. The van der Waals surface area contributed by atoms with Crippen LogP contribution >= 0.6 is 11.3 Å². The van der Waals surface area contributed by atoms with Crippen molar-refractivity contribution in [3.8, 4) is 0 Å². The summed E-state index contributed by atoms with van der Waals surface area (Å²) in [4.78, 5) is 17.1. The standard InChI is InChI=1S/C10H11N3OS/c1-5-3-4-13-10-6(5)7(11)8(15-10)9(14)12-2/h3-4H,11H2,1-2H3,(H,12,14). The van der Waals surface area contributed by atoms with E-state index in [0.717, 1.165) is 15.8 Å². The third-order valence-corrected chi connectivity index (χ3v) is 3.38. The lowest BCUT2D eigenvalue weighted by molar-refractivity contribution is 0.0968. The molecule has 0 atom stereocenters. The van der Waals surface area contributed by atoms with E-state index >= 15 is 0 Å². The van der Waals surface area contributed by atoms with Crippen LogP contribution < -0.4 is 11.1 Å². The zero-order valence-corrected chi connectivity index (χ0v) is 9.31. The summed E-state index contributed by atoms with van der Waals surface area (Å²) < 4.78 is 0. The van der Waals surface area contributed by atoms with Crippen molar-refractivity contribution in [2.75, 3.05) is 12.8 Å². The Kier molecular flexibility index (Phi) is 2.32. The van der Waals surface area contributed by atoms with Gasteiger partial charge in [0.2, 0.25) is 0 Å². The Hall–Kier alpha value is -1.62. The van der Waals surface area contributed by atoms with Crippen LogP contribution in [0.15, 0.2) is 12.3 Å². The first-order chi connectivity index (χ1) is 7.15. The van der Waals surface area contributed by atoms with Gasteiger partial charge in [-0.15, -0.1) is 11.3 Å². The maximum absolute atomic E-state index is 11.5. The fourth-order valence-corrected chi connectivity index (χ4v) is 2.57. The summed E-state index contributed by atoms with van der Waals surface area (Å²) in [6, 6.07) is 1.89. The molecule has 78 valence electrons. The Labute approximate surface area is 91.1 Å². The number of carbonyl (C=O) groups excluding carboxylic acids is 1. The highest BCUT2D eigenvalue weighted by molar-refractivity contribution is 7.21. The Morgan fingerprint density at radius 3 is 2.93 bits per heavy atom. The summed E-state index contributed by atoms with van der Waals surface area (Å²) in [6.07, 6.45) is 1.72. The second kappa shape index (κ2) is 3.51. The van der Waals surface area contributed by atoms with E-state index in [-0.39, 0.29) is 5.91 Å². The van der Waals surface area contributed by atoms with E-state index in [2.05, 4.69) is 10.3 Å². The molecule has 0 saturated heterocycles. The lowest BCUT2D eigenvalue weighted by atomic mass is 10.2. The van der Waals surface area contributed by atoms with Crippen LogP contribution in [0.3, 0.4) is 0 Å². The second-order valence-electron chi connectivity index (χ2n) is 3.23. The van der Waals surface area contributed by atoms with Crippen LogP contribution in [0.1, 0.15) is 15.2 Å². The van der Waals surface area contributed by atoms with Crippen LogP contribution in [0.5, 0.6) is 0 Å². The normalized spacial score (nSPS) is 10.5. The summed E-state index contributed by atoms with van der Waals surface area (Å²) in [7, 11) is 1.59. The maximum atomic E-state index is 11.5. The molecule has 0 spiro atoms. The number of carbonyl (C=O) groups is 1. The molecule has 2 aromatic heterocycles. The number of thiophene rings is 1. The van der Waals surface area contributed by atoms with Crippen molar-refractivity contribution in [1.82, 2.24) is 10.3 Å². The third kappa shape index (κ3) is 1.45. The zero-order valence-electron chi connectivity index (χ0n) is 8.50. The highest BCUT2D eigenvalue weighted by Gasteiger charge is 2.16. The van der Waals surface area contributed by atoms with E-state index in [4.69, 9.17) is 5.73 Å². The van der Waals surface area contributed by atoms with E-state index in [1.54, 1.807) is 13.2 Å². The number of nitrogens with one attached hydrogen (secondary N) is 1. The summed E-state index contributed by atoms with van der Waals surface area (Å²) in [5, 5.41) is 3.46. The predicted octanol–water partition coefficient (Wildman–Crippen LogP) is 1.55. The number of anilines is 1. The van der Waals surface area contributed by atoms with E-state index in [1.807, 2.05) is 13.0 Å². The molecule has 0 bridgehead atoms. The molecule has 3 N–H and O–H groups in total. The molecule has 0 aliphatic carbocycles. The Morgan fingerprint density at radius 2 is 2.33 bits per heavy atom. The minimum Gasteiger partial charge on any atom is -0.397 e. The highest BCUT2D eigenvalue weighted by atomic mass is 32.1. The van der Waals surface area contributed by atoms with Crippen LogP contribution in [0.25, 0.3) is 10.2 Å². The van der Waals surface area contributed by atoms with Crippen molar-refractivity contribution in [2.45, 2.75) is 6.92 Å². The SMILES string of the molecule is CNC(=O)c1sc2nccc(C)c2c1N. The second-order valence-corrected chi connectivity index (χ2v) is 4.23. The lowest BCUT2D eigenvalue weighted by Gasteiger charge is -1.98. The first kappa shape index (κ1) is 9.92. The Bertz CT molecular complexity index is 533. The molecule has 0 aliphatic heterocycles. The number of pyridine rings is 1. The molecular weight excluding hydrogens is 210 g/mol. The number of nitrogens with zero attached hydrogens (tertiary/aromatic N) is 1.